The van der Waals surface area contributed by atoms with Gasteiger partial charge in [-0.2, -0.15) is 5.10 Å². The molecule has 0 radical (unpaired) electrons. The summed E-state index contributed by atoms with van der Waals surface area (Å²) in [5.74, 6) is 0. The molecule has 4 nitrogen and oxygen atoms in total. The van der Waals surface area contributed by atoms with Crippen LogP contribution in [0.5, 0.6) is 0 Å². The normalized spacial score (nSPS) is 11.2. The highest BCUT2D eigenvalue weighted by Crippen LogP contribution is 2.24. The first-order valence-electron chi connectivity index (χ1n) is 6.88. The fourth-order valence-electron chi connectivity index (χ4n) is 2.58. The maximum Gasteiger partial charge on any atom is 0.150 e. The van der Waals surface area contributed by atoms with Gasteiger partial charge in [-0.15, -0.1) is 0 Å². The van der Waals surface area contributed by atoms with E-state index in [-0.39, 0.29) is 0 Å². The Morgan fingerprint density at radius 2 is 2.14 bits per heavy atom. The van der Waals surface area contributed by atoms with E-state index >= 15 is 0 Å². The molecule has 0 amide bonds. The lowest BCUT2D eigenvalue weighted by atomic mass is 10.2. The Balaban J connectivity index is 2.02. The van der Waals surface area contributed by atoms with Crippen molar-refractivity contribution >= 4 is 28.8 Å². The largest absolute Gasteiger partial charge is 0.341 e. The molecule has 1 aromatic carbocycles. The van der Waals surface area contributed by atoms with Crippen molar-refractivity contribution in [3.05, 3.63) is 52.4 Å². The number of carbonyl (C=O) groups excluding carboxylic acids is 1. The minimum atomic E-state index is 0.659. The first kappa shape index (κ1) is 13.9. The van der Waals surface area contributed by atoms with Crippen LogP contribution >= 0.6 is 11.6 Å². The van der Waals surface area contributed by atoms with Crippen molar-refractivity contribution in [2.45, 2.75) is 19.9 Å². The second-order valence-electron chi connectivity index (χ2n) is 5.06. The molecule has 0 N–H and O–H groups in total. The van der Waals surface area contributed by atoms with Crippen molar-refractivity contribution in [2.24, 2.45) is 7.05 Å². The smallest absolute Gasteiger partial charge is 0.150 e. The molecule has 0 aliphatic carbocycles. The molecule has 0 fully saturated rings. The van der Waals surface area contributed by atoms with Gasteiger partial charge in [0, 0.05) is 29.7 Å². The molecule has 5 heteroatoms. The molecule has 3 rings (SSSR count). The molecule has 0 aliphatic rings. The van der Waals surface area contributed by atoms with Crippen LogP contribution in [0.4, 0.5) is 0 Å². The Morgan fingerprint density at radius 1 is 1.33 bits per heavy atom. The monoisotopic (exact) mass is 301 g/mol. The minimum Gasteiger partial charge on any atom is -0.341 e. The summed E-state index contributed by atoms with van der Waals surface area (Å²) in [6, 6.07) is 7.69. The predicted molar refractivity (Wildman–Crippen MR) is 84.0 cm³/mol. The van der Waals surface area contributed by atoms with E-state index in [0.717, 1.165) is 40.0 Å². The SMILES string of the molecule is CCc1nn(C)c(Cn2ccc3cc(C=O)ccc32)c1Cl. The van der Waals surface area contributed by atoms with E-state index in [9.17, 15) is 4.79 Å². The molecular formula is C16H16ClN3O. The third-order valence-corrected chi connectivity index (χ3v) is 4.19. The molecule has 0 atom stereocenters. The second kappa shape index (κ2) is 5.37. The third kappa shape index (κ3) is 2.36. The molecule has 108 valence electrons. The van der Waals surface area contributed by atoms with Gasteiger partial charge >= 0.3 is 0 Å². The molecule has 0 saturated heterocycles. The van der Waals surface area contributed by atoms with Crippen LogP contribution in [0.2, 0.25) is 5.02 Å². The highest BCUT2D eigenvalue weighted by atomic mass is 35.5. The average molecular weight is 302 g/mol. The summed E-state index contributed by atoms with van der Waals surface area (Å²) in [6.07, 6.45) is 3.69. The van der Waals surface area contributed by atoms with Crippen molar-refractivity contribution in [3.8, 4) is 0 Å². The first-order valence-corrected chi connectivity index (χ1v) is 7.26. The molecule has 3 aromatic rings. The zero-order chi connectivity index (χ0) is 15.0. The Morgan fingerprint density at radius 3 is 2.81 bits per heavy atom. The van der Waals surface area contributed by atoms with E-state index in [2.05, 4.69) is 9.67 Å². The Kier molecular flexibility index (Phi) is 3.55. The van der Waals surface area contributed by atoms with Crippen LogP contribution in [0.25, 0.3) is 10.9 Å². The number of aldehydes is 1. The van der Waals surface area contributed by atoms with Crippen molar-refractivity contribution < 1.29 is 4.79 Å². The van der Waals surface area contributed by atoms with Crippen LogP contribution in [0.3, 0.4) is 0 Å². The number of rotatable bonds is 4. The van der Waals surface area contributed by atoms with Crippen molar-refractivity contribution in [1.29, 1.82) is 0 Å². The van der Waals surface area contributed by atoms with Gasteiger partial charge in [-0.3, -0.25) is 9.48 Å². The summed E-state index contributed by atoms with van der Waals surface area (Å²) >= 11 is 6.40. The number of hydrogen-bond donors (Lipinski definition) is 0. The fraction of sp³-hybridized carbons (Fsp3) is 0.250. The molecular weight excluding hydrogens is 286 g/mol. The van der Waals surface area contributed by atoms with Crippen molar-refractivity contribution in [3.63, 3.8) is 0 Å². The Hall–Kier alpha value is -2.07. The van der Waals surface area contributed by atoms with Gasteiger partial charge in [0.15, 0.2) is 0 Å². The first-order chi connectivity index (χ1) is 10.1. The molecule has 2 aromatic heterocycles. The van der Waals surface area contributed by atoms with Crippen molar-refractivity contribution in [1.82, 2.24) is 14.3 Å². The van der Waals surface area contributed by atoms with Crippen LogP contribution in [0, 0.1) is 0 Å². The summed E-state index contributed by atoms with van der Waals surface area (Å²) in [6.45, 7) is 2.70. The summed E-state index contributed by atoms with van der Waals surface area (Å²) in [7, 11) is 1.91. The Bertz CT molecular complexity index is 816. The topological polar surface area (TPSA) is 39.8 Å². The predicted octanol–water partition coefficient (Wildman–Crippen LogP) is 3.45. The quantitative estimate of drug-likeness (QED) is 0.692. The van der Waals surface area contributed by atoms with E-state index in [4.69, 9.17) is 11.6 Å². The molecule has 2 heterocycles. The lowest BCUT2D eigenvalue weighted by molar-refractivity contribution is 0.112. The summed E-state index contributed by atoms with van der Waals surface area (Å²) in [5, 5.41) is 6.23. The maximum atomic E-state index is 10.8. The van der Waals surface area contributed by atoms with Gasteiger partial charge in [0.05, 0.1) is 23.0 Å². The zero-order valence-corrected chi connectivity index (χ0v) is 12.8. The van der Waals surface area contributed by atoms with Gasteiger partial charge < -0.3 is 4.57 Å². The van der Waals surface area contributed by atoms with Crippen LogP contribution in [0.1, 0.15) is 28.7 Å². The average Bonchev–Trinajstić information content (AvgIpc) is 3.02. The highest BCUT2D eigenvalue weighted by molar-refractivity contribution is 6.31. The number of nitrogens with zero attached hydrogens (tertiary/aromatic N) is 3. The number of benzene rings is 1. The molecule has 0 spiro atoms. The van der Waals surface area contributed by atoms with Crippen LogP contribution in [-0.4, -0.2) is 20.6 Å². The van der Waals surface area contributed by atoms with Crippen LogP contribution < -0.4 is 0 Å². The molecule has 21 heavy (non-hydrogen) atoms. The van der Waals surface area contributed by atoms with Gasteiger partial charge in [0.2, 0.25) is 0 Å². The molecule has 0 aliphatic heterocycles. The summed E-state index contributed by atoms with van der Waals surface area (Å²) in [5.41, 5.74) is 3.68. The lowest BCUT2D eigenvalue weighted by Crippen LogP contribution is -2.05. The summed E-state index contributed by atoms with van der Waals surface area (Å²) in [4.78, 5) is 10.8. The molecule has 0 saturated carbocycles. The standard InChI is InChI=1S/C16H16ClN3O/c1-3-13-16(17)15(19(2)18-13)9-20-7-6-12-8-11(10-21)4-5-14(12)20/h4-8,10H,3,9H2,1-2H3. The maximum absolute atomic E-state index is 10.8. The number of halogens is 1. The Labute approximate surface area is 127 Å². The number of fused-ring (bicyclic) bond motifs is 1. The number of aryl methyl sites for hydroxylation is 2. The van der Waals surface area contributed by atoms with E-state index < -0.39 is 0 Å². The van der Waals surface area contributed by atoms with E-state index in [0.29, 0.717) is 12.1 Å². The van der Waals surface area contributed by atoms with Gasteiger partial charge in [0.1, 0.15) is 6.29 Å². The van der Waals surface area contributed by atoms with E-state index in [1.54, 1.807) is 0 Å². The van der Waals surface area contributed by atoms with Gasteiger partial charge in [-0.25, -0.2) is 0 Å². The van der Waals surface area contributed by atoms with Crippen LogP contribution in [-0.2, 0) is 20.0 Å². The summed E-state index contributed by atoms with van der Waals surface area (Å²) < 4.78 is 3.96. The second-order valence-corrected chi connectivity index (χ2v) is 5.44. The molecule has 0 bridgehead atoms. The van der Waals surface area contributed by atoms with E-state index in [1.807, 2.05) is 49.1 Å². The number of aromatic nitrogens is 3. The number of hydrogen-bond acceptors (Lipinski definition) is 2. The van der Waals surface area contributed by atoms with Gasteiger partial charge in [-0.1, -0.05) is 18.5 Å². The van der Waals surface area contributed by atoms with Gasteiger partial charge in [0.25, 0.3) is 0 Å². The van der Waals surface area contributed by atoms with Gasteiger partial charge in [-0.05, 0) is 30.7 Å². The van der Waals surface area contributed by atoms with E-state index in [1.165, 1.54) is 0 Å². The minimum absolute atomic E-state index is 0.659. The number of carbonyl (C=O) groups is 1. The van der Waals surface area contributed by atoms with Crippen LogP contribution in [0.15, 0.2) is 30.5 Å². The van der Waals surface area contributed by atoms with Crippen molar-refractivity contribution in [2.75, 3.05) is 0 Å². The zero-order valence-electron chi connectivity index (χ0n) is 12.0. The molecule has 0 unspecified atom stereocenters. The third-order valence-electron chi connectivity index (χ3n) is 3.75. The highest BCUT2D eigenvalue weighted by Gasteiger charge is 2.14. The fourth-order valence-corrected chi connectivity index (χ4v) is 2.94. The lowest BCUT2D eigenvalue weighted by Gasteiger charge is -2.07.